The molecular weight excluding hydrogens is 480 g/mol. The number of hydrogen-bond donors (Lipinski definition) is 2. The Bertz CT molecular complexity index is 1430. The van der Waals surface area contributed by atoms with Crippen molar-refractivity contribution in [3.63, 3.8) is 0 Å². The number of nitrogens with one attached hydrogen (secondary N) is 2. The first-order valence-electron chi connectivity index (χ1n) is 11.6. The molecule has 4 amide bonds. The predicted molar refractivity (Wildman–Crippen MR) is 137 cm³/mol. The molecule has 0 aliphatic carbocycles. The highest BCUT2D eigenvalue weighted by molar-refractivity contribution is 7.89. The molecule has 1 aliphatic heterocycles. The number of hydrogen-bond acceptors (Lipinski definition) is 5. The second kappa shape index (κ2) is 9.71. The Labute approximate surface area is 210 Å². The van der Waals surface area contributed by atoms with Gasteiger partial charge in [-0.2, -0.15) is 4.31 Å². The fourth-order valence-corrected chi connectivity index (χ4v) is 5.91. The largest absolute Gasteiger partial charge is 0.325 e. The second-order valence-corrected chi connectivity index (χ2v) is 10.6. The molecule has 3 aromatic rings. The van der Waals surface area contributed by atoms with Crippen molar-refractivity contribution in [1.82, 2.24) is 14.5 Å². The Kier molecular flexibility index (Phi) is 6.83. The van der Waals surface area contributed by atoms with Crippen molar-refractivity contribution < 1.29 is 22.8 Å². The summed E-state index contributed by atoms with van der Waals surface area (Å²) < 4.78 is 26.6. The van der Waals surface area contributed by atoms with Crippen LogP contribution in [0.3, 0.4) is 0 Å². The third kappa shape index (κ3) is 4.45. The minimum absolute atomic E-state index is 0.115. The molecule has 1 fully saturated rings. The fourth-order valence-electron chi connectivity index (χ4n) is 4.45. The maximum absolute atomic E-state index is 13.3. The first kappa shape index (κ1) is 25.3. The first-order valence-corrected chi connectivity index (χ1v) is 13.1. The molecule has 1 heterocycles. The highest BCUT2D eigenvalue weighted by atomic mass is 32.2. The molecule has 0 radical (unpaired) electrons. The minimum Gasteiger partial charge on any atom is -0.325 e. The number of carbonyl (C=O) groups excluding carboxylic acids is 3. The summed E-state index contributed by atoms with van der Waals surface area (Å²) in [5, 5.41) is 7.13. The number of imide groups is 1. The van der Waals surface area contributed by atoms with Gasteiger partial charge in [0.2, 0.25) is 15.9 Å². The molecule has 0 saturated carbocycles. The normalized spacial score (nSPS) is 18.1. The lowest BCUT2D eigenvalue weighted by atomic mass is 9.88. The molecule has 10 heteroatoms. The number of urea groups is 1. The fraction of sp³-hybridized carbons (Fsp3) is 0.269. The lowest BCUT2D eigenvalue weighted by molar-refractivity contribution is -0.133. The average Bonchev–Trinajstić information content (AvgIpc) is 3.08. The number of anilines is 1. The summed E-state index contributed by atoms with van der Waals surface area (Å²) in [6, 6.07) is 18.2. The van der Waals surface area contributed by atoms with E-state index in [0.29, 0.717) is 24.3 Å². The first-order chi connectivity index (χ1) is 17.1. The quantitative estimate of drug-likeness (QED) is 0.453. The third-order valence-corrected chi connectivity index (χ3v) is 8.45. The van der Waals surface area contributed by atoms with Crippen molar-refractivity contribution in [3.8, 4) is 0 Å². The van der Waals surface area contributed by atoms with Crippen molar-refractivity contribution in [2.45, 2.75) is 31.2 Å². The smallest absolute Gasteiger partial charge is 0.325 e. The van der Waals surface area contributed by atoms with Crippen molar-refractivity contribution >= 4 is 44.3 Å². The Morgan fingerprint density at radius 3 is 2.28 bits per heavy atom. The number of carbonyl (C=O) groups is 3. The van der Waals surface area contributed by atoms with Gasteiger partial charge in [0.15, 0.2) is 0 Å². The lowest BCUT2D eigenvalue weighted by Gasteiger charge is -2.24. The van der Waals surface area contributed by atoms with Crippen LogP contribution in [0.1, 0.15) is 26.3 Å². The molecule has 0 aromatic heterocycles. The number of rotatable bonds is 8. The van der Waals surface area contributed by atoms with Crippen LogP contribution >= 0.6 is 0 Å². The van der Waals surface area contributed by atoms with E-state index in [-0.39, 0.29) is 4.90 Å². The van der Waals surface area contributed by atoms with E-state index in [1.807, 2.05) is 36.4 Å². The number of amides is 4. The number of benzene rings is 3. The Morgan fingerprint density at radius 1 is 0.972 bits per heavy atom. The zero-order valence-electron chi connectivity index (χ0n) is 20.3. The van der Waals surface area contributed by atoms with E-state index in [1.54, 1.807) is 26.8 Å². The van der Waals surface area contributed by atoms with Gasteiger partial charge in [-0.25, -0.2) is 13.2 Å². The average molecular weight is 509 g/mol. The molecule has 4 rings (SSSR count). The molecule has 0 spiro atoms. The van der Waals surface area contributed by atoms with Crippen LogP contribution < -0.4 is 10.6 Å². The summed E-state index contributed by atoms with van der Waals surface area (Å²) in [4.78, 5) is 39.7. The maximum Gasteiger partial charge on any atom is 0.325 e. The summed E-state index contributed by atoms with van der Waals surface area (Å²) in [6.07, 6.45) is 0. The molecule has 36 heavy (non-hydrogen) atoms. The highest BCUT2D eigenvalue weighted by Gasteiger charge is 2.50. The van der Waals surface area contributed by atoms with Crippen molar-refractivity contribution in [2.75, 3.05) is 25.0 Å². The molecular formula is C26H28N4O5S. The molecule has 1 saturated heterocycles. The molecule has 0 unspecified atom stereocenters. The van der Waals surface area contributed by atoms with Crippen LogP contribution in [-0.2, 0) is 25.2 Å². The van der Waals surface area contributed by atoms with Crippen LogP contribution in [0.15, 0.2) is 71.6 Å². The summed E-state index contributed by atoms with van der Waals surface area (Å²) in [5.74, 6) is -1.11. The summed E-state index contributed by atoms with van der Waals surface area (Å²) in [5.41, 5.74) is -0.326. The summed E-state index contributed by atoms with van der Waals surface area (Å²) >= 11 is 0. The van der Waals surface area contributed by atoms with Gasteiger partial charge in [-0.05, 0) is 47.5 Å². The molecule has 1 atom stereocenters. The van der Waals surface area contributed by atoms with Gasteiger partial charge < -0.3 is 10.6 Å². The van der Waals surface area contributed by atoms with E-state index in [9.17, 15) is 22.8 Å². The van der Waals surface area contributed by atoms with Crippen LogP contribution in [0.2, 0.25) is 0 Å². The predicted octanol–water partition coefficient (Wildman–Crippen LogP) is 3.28. The van der Waals surface area contributed by atoms with Crippen LogP contribution in [0, 0.1) is 0 Å². The number of sulfonamides is 1. The van der Waals surface area contributed by atoms with Crippen LogP contribution in [0.25, 0.3) is 10.8 Å². The Hall–Kier alpha value is -3.76. The lowest BCUT2D eigenvalue weighted by Crippen LogP contribution is -2.42. The standard InChI is InChI=1S/C26H28N4O5S/c1-4-29(5-2)36(34,35)20-15-13-19(14-16-20)27-23(31)17-30-24(32)26(3,28-25(30)33)22-12-8-10-18-9-6-7-11-21(18)22/h6-16H,4-5,17H2,1-3H3,(H,27,31)(H,28,33)/t26-/m1/s1. The van der Waals surface area contributed by atoms with Crippen LogP contribution in [0.4, 0.5) is 10.5 Å². The number of nitrogens with zero attached hydrogens (tertiary/aromatic N) is 2. The van der Waals surface area contributed by atoms with Gasteiger partial charge in [-0.3, -0.25) is 14.5 Å². The Balaban J connectivity index is 1.49. The molecule has 2 N–H and O–H groups in total. The molecule has 0 bridgehead atoms. The van der Waals surface area contributed by atoms with E-state index in [1.165, 1.54) is 28.6 Å². The molecule has 1 aliphatic rings. The third-order valence-electron chi connectivity index (χ3n) is 6.39. The molecule has 188 valence electrons. The maximum atomic E-state index is 13.3. The summed E-state index contributed by atoms with van der Waals surface area (Å²) in [7, 11) is -3.62. The monoisotopic (exact) mass is 508 g/mol. The van der Waals surface area contributed by atoms with Crippen molar-refractivity contribution in [3.05, 3.63) is 72.3 Å². The topological polar surface area (TPSA) is 116 Å². The van der Waals surface area contributed by atoms with Gasteiger partial charge >= 0.3 is 6.03 Å². The van der Waals surface area contributed by atoms with Gasteiger partial charge in [-0.1, -0.05) is 56.3 Å². The van der Waals surface area contributed by atoms with E-state index < -0.39 is 40.0 Å². The van der Waals surface area contributed by atoms with Crippen LogP contribution in [0.5, 0.6) is 0 Å². The van der Waals surface area contributed by atoms with Gasteiger partial charge in [-0.15, -0.1) is 0 Å². The van der Waals surface area contributed by atoms with Gasteiger partial charge in [0.25, 0.3) is 5.91 Å². The molecule has 3 aromatic carbocycles. The molecule has 9 nitrogen and oxygen atoms in total. The zero-order valence-corrected chi connectivity index (χ0v) is 21.1. The van der Waals surface area contributed by atoms with E-state index in [4.69, 9.17) is 0 Å². The van der Waals surface area contributed by atoms with Gasteiger partial charge in [0.1, 0.15) is 12.1 Å². The van der Waals surface area contributed by atoms with E-state index in [0.717, 1.165) is 15.7 Å². The van der Waals surface area contributed by atoms with Crippen molar-refractivity contribution in [2.24, 2.45) is 0 Å². The van der Waals surface area contributed by atoms with E-state index in [2.05, 4.69) is 10.6 Å². The van der Waals surface area contributed by atoms with Crippen molar-refractivity contribution in [1.29, 1.82) is 0 Å². The van der Waals surface area contributed by atoms with E-state index >= 15 is 0 Å². The highest BCUT2D eigenvalue weighted by Crippen LogP contribution is 2.33. The second-order valence-electron chi connectivity index (χ2n) is 8.64. The zero-order chi connectivity index (χ0) is 26.1. The minimum atomic E-state index is -3.62. The number of fused-ring (bicyclic) bond motifs is 1. The SMILES string of the molecule is CCN(CC)S(=O)(=O)c1ccc(NC(=O)CN2C(=O)N[C@](C)(c3cccc4ccccc34)C2=O)cc1. The van der Waals surface area contributed by atoms with Gasteiger partial charge in [0.05, 0.1) is 4.90 Å². The van der Waals surface area contributed by atoms with Crippen LogP contribution in [-0.4, -0.2) is 55.1 Å². The van der Waals surface area contributed by atoms with Gasteiger partial charge in [0, 0.05) is 18.8 Å². The summed E-state index contributed by atoms with van der Waals surface area (Å²) in [6.45, 7) is 5.36. The Morgan fingerprint density at radius 2 is 1.61 bits per heavy atom.